The van der Waals surface area contributed by atoms with Crippen molar-refractivity contribution in [3.05, 3.63) is 60.0 Å². The number of pyridine rings is 1. The molecule has 3 aromatic rings. The Morgan fingerprint density at radius 2 is 1.91 bits per heavy atom. The normalized spacial score (nSPS) is 10.9. The number of hydrogen-bond donors (Lipinski definition) is 2. The SMILES string of the molecule is CN(CCc1ccc(O)c(O)c1)c1ccnc2c(F)cccc12. The van der Waals surface area contributed by atoms with E-state index in [1.807, 2.05) is 24.1 Å². The molecule has 23 heavy (non-hydrogen) atoms. The summed E-state index contributed by atoms with van der Waals surface area (Å²) in [5.74, 6) is -0.583. The fourth-order valence-electron chi connectivity index (χ4n) is 2.60. The molecule has 0 aliphatic carbocycles. The highest BCUT2D eigenvalue weighted by Gasteiger charge is 2.10. The second-order valence-corrected chi connectivity index (χ2v) is 5.46. The van der Waals surface area contributed by atoms with Crippen LogP contribution < -0.4 is 4.90 Å². The Bertz CT molecular complexity index is 852. The van der Waals surface area contributed by atoms with Crippen LogP contribution >= 0.6 is 0 Å². The maximum atomic E-state index is 13.8. The van der Waals surface area contributed by atoms with E-state index in [1.165, 1.54) is 12.1 Å². The van der Waals surface area contributed by atoms with E-state index in [2.05, 4.69) is 4.98 Å². The number of para-hydroxylation sites is 1. The fraction of sp³-hybridized carbons (Fsp3) is 0.167. The summed E-state index contributed by atoms with van der Waals surface area (Å²) in [6, 6.07) is 11.6. The van der Waals surface area contributed by atoms with Gasteiger partial charge in [0.25, 0.3) is 0 Å². The van der Waals surface area contributed by atoms with E-state index >= 15 is 0 Å². The minimum atomic E-state index is -0.332. The molecule has 2 N–H and O–H groups in total. The van der Waals surface area contributed by atoms with Crippen LogP contribution in [0.15, 0.2) is 48.7 Å². The number of hydrogen-bond acceptors (Lipinski definition) is 4. The second-order valence-electron chi connectivity index (χ2n) is 5.46. The molecule has 0 saturated heterocycles. The van der Waals surface area contributed by atoms with Crippen LogP contribution in [0.2, 0.25) is 0 Å². The van der Waals surface area contributed by atoms with Gasteiger partial charge in [0.05, 0.1) is 0 Å². The summed E-state index contributed by atoms with van der Waals surface area (Å²) in [6.45, 7) is 0.680. The largest absolute Gasteiger partial charge is 0.504 e. The zero-order chi connectivity index (χ0) is 16.4. The highest BCUT2D eigenvalue weighted by atomic mass is 19.1. The molecule has 118 valence electrons. The third-order valence-corrected chi connectivity index (χ3v) is 3.89. The topological polar surface area (TPSA) is 56.6 Å². The lowest BCUT2D eigenvalue weighted by Gasteiger charge is -2.21. The fourth-order valence-corrected chi connectivity index (χ4v) is 2.60. The highest BCUT2D eigenvalue weighted by Crippen LogP contribution is 2.27. The Hall–Kier alpha value is -2.82. The molecule has 0 amide bonds. The predicted octanol–water partition coefficient (Wildman–Crippen LogP) is 3.46. The first-order valence-corrected chi connectivity index (χ1v) is 7.31. The number of likely N-dealkylation sites (N-methyl/N-ethyl adjacent to an activating group) is 1. The average molecular weight is 312 g/mol. The first kappa shape index (κ1) is 15.1. The predicted molar refractivity (Wildman–Crippen MR) is 88.4 cm³/mol. The first-order valence-electron chi connectivity index (χ1n) is 7.31. The molecule has 0 aliphatic rings. The Balaban J connectivity index is 1.82. The Morgan fingerprint density at radius 1 is 1.09 bits per heavy atom. The van der Waals surface area contributed by atoms with E-state index in [0.717, 1.165) is 16.6 Å². The number of nitrogens with zero attached hydrogens (tertiary/aromatic N) is 2. The van der Waals surface area contributed by atoms with Crippen LogP contribution in [0.4, 0.5) is 10.1 Å². The molecule has 1 heterocycles. The molecule has 3 rings (SSSR count). The Morgan fingerprint density at radius 3 is 2.70 bits per heavy atom. The minimum Gasteiger partial charge on any atom is -0.504 e. The molecule has 0 atom stereocenters. The van der Waals surface area contributed by atoms with Gasteiger partial charge in [-0.05, 0) is 36.2 Å². The van der Waals surface area contributed by atoms with Crippen LogP contribution in [0, 0.1) is 5.82 Å². The summed E-state index contributed by atoms with van der Waals surface area (Å²) in [4.78, 5) is 6.12. The molecule has 0 aliphatic heterocycles. The average Bonchev–Trinajstić information content (AvgIpc) is 2.55. The van der Waals surface area contributed by atoms with Crippen molar-refractivity contribution < 1.29 is 14.6 Å². The van der Waals surface area contributed by atoms with E-state index in [1.54, 1.807) is 24.4 Å². The molecule has 0 unspecified atom stereocenters. The maximum Gasteiger partial charge on any atom is 0.157 e. The van der Waals surface area contributed by atoms with Gasteiger partial charge >= 0.3 is 0 Å². The van der Waals surface area contributed by atoms with Crippen LogP contribution in [-0.4, -0.2) is 28.8 Å². The molecule has 0 bridgehead atoms. The van der Waals surface area contributed by atoms with Crippen molar-refractivity contribution in [1.29, 1.82) is 0 Å². The zero-order valence-corrected chi connectivity index (χ0v) is 12.7. The second kappa shape index (κ2) is 6.12. The monoisotopic (exact) mass is 312 g/mol. The Kier molecular flexibility index (Phi) is 4.02. The summed E-state index contributed by atoms with van der Waals surface area (Å²) >= 11 is 0. The molecule has 0 saturated carbocycles. The summed E-state index contributed by atoms with van der Waals surface area (Å²) in [5.41, 5.74) is 2.17. The van der Waals surface area contributed by atoms with Gasteiger partial charge in [0.1, 0.15) is 11.3 Å². The number of rotatable bonds is 4. The number of anilines is 1. The summed E-state index contributed by atoms with van der Waals surface area (Å²) in [5, 5.41) is 19.6. The van der Waals surface area contributed by atoms with Crippen LogP contribution in [0.1, 0.15) is 5.56 Å². The van der Waals surface area contributed by atoms with Crippen molar-refractivity contribution in [3.8, 4) is 11.5 Å². The van der Waals surface area contributed by atoms with E-state index in [-0.39, 0.29) is 17.3 Å². The lowest BCUT2D eigenvalue weighted by molar-refractivity contribution is 0.403. The molecule has 0 fully saturated rings. The number of aromatic hydroxyl groups is 2. The van der Waals surface area contributed by atoms with Gasteiger partial charge in [-0.25, -0.2) is 4.39 Å². The van der Waals surface area contributed by atoms with Gasteiger partial charge in [-0.3, -0.25) is 4.98 Å². The number of phenolic OH excluding ortho intramolecular Hbond substituents is 2. The number of aromatic nitrogens is 1. The van der Waals surface area contributed by atoms with Crippen molar-refractivity contribution in [2.24, 2.45) is 0 Å². The van der Waals surface area contributed by atoms with Crippen molar-refractivity contribution in [2.45, 2.75) is 6.42 Å². The minimum absolute atomic E-state index is 0.124. The molecule has 5 heteroatoms. The van der Waals surface area contributed by atoms with E-state index in [9.17, 15) is 14.6 Å². The summed E-state index contributed by atoms with van der Waals surface area (Å²) < 4.78 is 13.8. The number of phenols is 2. The lowest BCUT2D eigenvalue weighted by atomic mass is 10.1. The molecule has 2 aromatic carbocycles. The molecular weight excluding hydrogens is 295 g/mol. The Labute approximate surface area is 133 Å². The van der Waals surface area contributed by atoms with E-state index < -0.39 is 0 Å². The van der Waals surface area contributed by atoms with Crippen molar-refractivity contribution >= 4 is 16.6 Å². The van der Waals surface area contributed by atoms with Gasteiger partial charge < -0.3 is 15.1 Å². The van der Waals surface area contributed by atoms with Gasteiger partial charge in [-0.1, -0.05) is 18.2 Å². The van der Waals surface area contributed by atoms with Crippen LogP contribution in [0.3, 0.4) is 0 Å². The van der Waals surface area contributed by atoms with Gasteiger partial charge in [0, 0.05) is 30.9 Å². The van der Waals surface area contributed by atoms with Crippen molar-refractivity contribution in [2.75, 3.05) is 18.5 Å². The van der Waals surface area contributed by atoms with Crippen molar-refractivity contribution in [3.63, 3.8) is 0 Å². The smallest absolute Gasteiger partial charge is 0.157 e. The van der Waals surface area contributed by atoms with Gasteiger partial charge in [-0.2, -0.15) is 0 Å². The van der Waals surface area contributed by atoms with Crippen molar-refractivity contribution in [1.82, 2.24) is 4.98 Å². The quantitative estimate of drug-likeness (QED) is 0.724. The van der Waals surface area contributed by atoms with E-state index in [4.69, 9.17) is 0 Å². The summed E-state index contributed by atoms with van der Waals surface area (Å²) in [7, 11) is 1.93. The van der Waals surface area contributed by atoms with E-state index in [0.29, 0.717) is 18.5 Å². The number of fused-ring (bicyclic) bond motifs is 1. The number of benzene rings is 2. The van der Waals surface area contributed by atoms with Crippen LogP contribution in [0.25, 0.3) is 10.9 Å². The van der Waals surface area contributed by atoms with Gasteiger partial charge in [0.15, 0.2) is 11.5 Å². The van der Waals surface area contributed by atoms with Gasteiger partial charge in [0.2, 0.25) is 0 Å². The summed E-state index contributed by atoms with van der Waals surface area (Å²) in [6.07, 6.45) is 2.28. The lowest BCUT2D eigenvalue weighted by Crippen LogP contribution is -2.20. The molecule has 1 aromatic heterocycles. The molecule has 0 radical (unpaired) electrons. The third-order valence-electron chi connectivity index (χ3n) is 3.89. The van der Waals surface area contributed by atoms with Gasteiger partial charge in [-0.15, -0.1) is 0 Å². The maximum absolute atomic E-state index is 13.8. The third kappa shape index (κ3) is 3.04. The molecule has 4 nitrogen and oxygen atoms in total. The molecular formula is C18H17FN2O2. The zero-order valence-electron chi connectivity index (χ0n) is 12.7. The van der Waals surface area contributed by atoms with Crippen LogP contribution in [0.5, 0.6) is 11.5 Å². The first-order chi connectivity index (χ1) is 11.1. The standard InChI is InChI=1S/C18H17FN2O2/c1-21(10-8-12-5-6-16(22)17(23)11-12)15-7-9-20-18-13(15)3-2-4-14(18)19/h2-7,9,11,22-23H,8,10H2,1H3. The molecule has 0 spiro atoms. The highest BCUT2D eigenvalue weighted by molar-refractivity contribution is 5.91. The van der Waals surface area contributed by atoms with Crippen LogP contribution in [-0.2, 0) is 6.42 Å². The number of halogens is 1.